The molecule has 1 aromatic rings. The SMILES string of the molecule is CCc1nn(C)c(CC)c1CN=C(NCC(=O)N(C)C)NCC(C)C.I. The van der Waals surface area contributed by atoms with Gasteiger partial charge in [-0.25, -0.2) is 4.99 Å². The van der Waals surface area contributed by atoms with Gasteiger partial charge in [0.15, 0.2) is 5.96 Å². The molecule has 150 valence electrons. The molecule has 0 saturated heterocycles. The van der Waals surface area contributed by atoms with E-state index in [2.05, 4.69) is 43.4 Å². The van der Waals surface area contributed by atoms with Crippen LogP contribution in [0.15, 0.2) is 4.99 Å². The first-order chi connectivity index (χ1) is 11.8. The van der Waals surface area contributed by atoms with Crippen LogP contribution in [0.1, 0.15) is 44.6 Å². The number of carbonyl (C=O) groups is 1. The molecule has 0 fully saturated rings. The molecule has 8 heteroatoms. The standard InChI is InChI=1S/C18H34N6O.HI/c1-8-15-14(16(9-2)24(7)22-15)11-20-18(19-10-13(3)4)21-12-17(25)23(5)6;/h13H,8-12H2,1-7H3,(H2,19,20,21);1H. The summed E-state index contributed by atoms with van der Waals surface area (Å²) in [4.78, 5) is 18.1. The number of nitrogens with zero attached hydrogens (tertiary/aromatic N) is 4. The third-order valence-corrected chi connectivity index (χ3v) is 4.01. The van der Waals surface area contributed by atoms with Gasteiger partial charge in [-0.3, -0.25) is 9.48 Å². The largest absolute Gasteiger partial charge is 0.356 e. The maximum Gasteiger partial charge on any atom is 0.241 e. The molecule has 0 aliphatic carbocycles. The van der Waals surface area contributed by atoms with Gasteiger partial charge >= 0.3 is 0 Å². The van der Waals surface area contributed by atoms with Gasteiger partial charge in [0.05, 0.1) is 18.8 Å². The molecule has 1 rings (SSSR count). The van der Waals surface area contributed by atoms with Gasteiger partial charge in [-0.05, 0) is 18.8 Å². The summed E-state index contributed by atoms with van der Waals surface area (Å²) < 4.78 is 1.95. The molecule has 0 atom stereocenters. The fourth-order valence-electron chi connectivity index (χ4n) is 2.52. The average Bonchev–Trinajstić information content (AvgIpc) is 2.88. The molecule has 0 aromatic carbocycles. The number of amides is 1. The first kappa shape index (κ1) is 24.7. The van der Waals surface area contributed by atoms with Crippen LogP contribution in [0.3, 0.4) is 0 Å². The summed E-state index contributed by atoms with van der Waals surface area (Å²) >= 11 is 0. The zero-order valence-electron chi connectivity index (χ0n) is 17.2. The molecule has 0 aliphatic heterocycles. The normalized spacial score (nSPS) is 11.3. The van der Waals surface area contributed by atoms with Gasteiger partial charge in [0.2, 0.25) is 5.91 Å². The van der Waals surface area contributed by atoms with Crippen molar-refractivity contribution in [3.05, 3.63) is 17.0 Å². The van der Waals surface area contributed by atoms with Gasteiger partial charge in [0, 0.05) is 38.9 Å². The zero-order valence-corrected chi connectivity index (χ0v) is 19.5. The number of aryl methyl sites for hydroxylation is 2. The van der Waals surface area contributed by atoms with E-state index >= 15 is 0 Å². The van der Waals surface area contributed by atoms with Crippen molar-refractivity contribution in [2.75, 3.05) is 27.2 Å². The van der Waals surface area contributed by atoms with Gasteiger partial charge < -0.3 is 15.5 Å². The Bertz CT molecular complexity index is 595. The van der Waals surface area contributed by atoms with Crippen LogP contribution in [0.5, 0.6) is 0 Å². The monoisotopic (exact) mass is 478 g/mol. The van der Waals surface area contributed by atoms with E-state index in [1.54, 1.807) is 19.0 Å². The van der Waals surface area contributed by atoms with Gasteiger partial charge in [-0.2, -0.15) is 5.10 Å². The lowest BCUT2D eigenvalue weighted by atomic mass is 10.1. The molecule has 0 radical (unpaired) electrons. The van der Waals surface area contributed by atoms with Gasteiger partial charge in [0.25, 0.3) is 0 Å². The number of aromatic nitrogens is 2. The van der Waals surface area contributed by atoms with Crippen LogP contribution >= 0.6 is 24.0 Å². The number of hydrogen-bond acceptors (Lipinski definition) is 3. The van der Waals surface area contributed by atoms with Crippen molar-refractivity contribution in [2.45, 2.75) is 47.1 Å². The fourth-order valence-corrected chi connectivity index (χ4v) is 2.52. The van der Waals surface area contributed by atoms with E-state index in [1.807, 2.05) is 11.7 Å². The number of rotatable bonds is 8. The van der Waals surface area contributed by atoms with E-state index in [-0.39, 0.29) is 36.4 Å². The molecule has 0 unspecified atom stereocenters. The third-order valence-electron chi connectivity index (χ3n) is 4.01. The maximum atomic E-state index is 11.8. The van der Waals surface area contributed by atoms with Gasteiger partial charge in [0.1, 0.15) is 0 Å². The lowest BCUT2D eigenvalue weighted by Gasteiger charge is -2.16. The average molecular weight is 478 g/mol. The highest BCUT2D eigenvalue weighted by Crippen LogP contribution is 2.16. The molecule has 7 nitrogen and oxygen atoms in total. The van der Waals surface area contributed by atoms with Crippen LogP contribution in [0.2, 0.25) is 0 Å². The Hall–Kier alpha value is -1.32. The second-order valence-electron chi connectivity index (χ2n) is 6.78. The summed E-state index contributed by atoms with van der Waals surface area (Å²) in [6, 6.07) is 0. The van der Waals surface area contributed by atoms with E-state index in [0.29, 0.717) is 18.4 Å². The number of nitrogens with one attached hydrogen (secondary N) is 2. The lowest BCUT2D eigenvalue weighted by molar-refractivity contribution is -0.127. The predicted octanol–water partition coefficient (Wildman–Crippen LogP) is 1.94. The number of guanidine groups is 1. The van der Waals surface area contributed by atoms with Gasteiger partial charge in [-0.1, -0.05) is 27.7 Å². The maximum absolute atomic E-state index is 11.8. The van der Waals surface area contributed by atoms with Crippen molar-refractivity contribution in [3.8, 4) is 0 Å². The Kier molecular flexibility index (Phi) is 11.5. The Morgan fingerprint density at radius 3 is 2.38 bits per heavy atom. The van der Waals surface area contributed by atoms with Gasteiger partial charge in [-0.15, -0.1) is 24.0 Å². The van der Waals surface area contributed by atoms with Crippen LogP contribution in [-0.2, 0) is 31.2 Å². The van der Waals surface area contributed by atoms with Crippen molar-refractivity contribution < 1.29 is 4.79 Å². The molecular formula is C18H35IN6O. The van der Waals surface area contributed by atoms with Crippen LogP contribution in [0.4, 0.5) is 0 Å². The summed E-state index contributed by atoms with van der Waals surface area (Å²) in [5.41, 5.74) is 3.50. The number of hydrogen-bond donors (Lipinski definition) is 2. The topological polar surface area (TPSA) is 74.5 Å². The highest BCUT2D eigenvalue weighted by Gasteiger charge is 2.14. The van der Waals surface area contributed by atoms with Crippen molar-refractivity contribution in [3.63, 3.8) is 0 Å². The summed E-state index contributed by atoms with van der Waals surface area (Å²) in [6.45, 7) is 10.1. The van der Waals surface area contributed by atoms with Crippen LogP contribution in [0.25, 0.3) is 0 Å². The van der Waals surface area contributed by atoms with Crippen LogP contribution < -0.4 is 10.6 Å². The fraction of sp³-hybridized carbons (Fsp3) is 0.722. The molecule has 0 aliphatic rings. The first-order valence-corrected chi connectivity index (χ1v) is 9.05. The Morgan fingerprint density at radius 2 is 1.88 bits per heavy atom. The highest BCUT2D eigenvalue weighted by molar-refractivity contribution is 14.0. The number of aliphatic imine (C=N–C) groups is 1. The Balaban J connectivity index is 0.00000625. The van der Waals surface area contributed by atoms with Crippen LogP contribution in [0, 0.1) is 5.92 Å². The minimum atomic E-state index is 0. The molecule has 1 aromatic heterocycles. The second kappa shape index (κ2) is 12.1. The van der Waals surface area contributed by atoms with E-state index < -0.39 is 0 Å². The van der Waals surface area contributed by atoms with Crippen molar-refractivity contribution >= 4 is 35.8 Å². The zero-order chi connectivity index (χ0) is 19.0. The van der Waals surface area contributed by atoms with Crippen molar-refractivity contribution in [2.24, 2.45) is 18.0 Å². The molecule has 0 spiro atoms. The smallest absolute Gasteiger partial charge is 0.241 e. The molecule has 0 bridgehead atoms. The number of likely N-dealkylation sites (N-methyl/N-ethyl adjacent to an activating group) is 1. The quantitative estimate of drug-likeness (QED) is 0.340. The van der Waals surface area contributed by atoms with E-state index in [1.165, 1.54) is 11.3 Å². The Morgan fingerprint density at radius 1 is 1.23 bits per heavy atom. The number of halogens is 1. The van der Waals surface area contributed by atoms with E-state index in [4.69, 9.17) is 4.99 Å². The third kappa shape index (κ3) is 7.51. The predicted molar refractivity (Wildman–Crippen MR) is 118 cm³/mol. The van der Waals surface area contributed by atoms with Crippen molar-refractivity contribution in [1.29, 1.82) is 0 Å². The summed E-state index contributed by atoms with van der Waals surface area (Å²) in [6.07, 6.45) is 1.82. The molecule has 1 amide bonds. The molecular weight excluding hydrogens is 443 g/mol. The second-order valence-corrected chi connectivity index (χ2v) is 6.78. The molecule has 26 heavy (non-hydrogen) atoms. The Labute approximate surface area is 175 Å². The van der Waals surface area contributed by atoms with E-state index in [0.717, 1.165) is 25.1 Å². The highest BCUT2D eigenvalue weighted by atomic mass is 127. The van der Waals surface area contributed by atoms with Crippen molar-refractivity contribution in [1.82, 2.24) is 25.3 Å². The number of carbonyl (C=O) groups excluding carboxylic acids is 1. The molecule has 0 saturated carbocycles. The lowest BCUT2D eigenvalue weighted by Crippen LogP contribution is -2.44. The minimum absolute atomic E-state index is 0. The summed E-state index contributed by atoms with van der Waals surface area (Å²) in [5, 5.41) is 11.0. The summed E-state index contributed by atoms with van der Waals surface area (Å²) in [5.74, 6) is 1.17. The van der Waals surface area contributed by atoms with Crippen LogP contribution in [-0.4, -0.2) is 53.7 Å². The van der Waals surface area contributed by atoms with E-state index in [9.17, 15) is 4.79 Å². The summed E-state index contributed by atoms with van der Waals surface area (Å²) in [7, 11) is 5.48. The first-order valence-electron chi connectivity index (χ1n) is 9.05. The molecule has 1 heterocycles. The minimum Gasteiger partial charge on any atom is -0.356 e. The molecule has 2 N–H and O–H groups in total.